The lowest BCUT2D eigenvalue weighted by molar-refractivity contribution is -0.155. The van der Waals surface area contributed by atoms with Gasteiger partial charge in [-0.1, -0.05) is 52.0 Å². The van der Waals surface area contributed by atoms with Crippen LogP contribution in [-0.4, -0.2) is 132 Å². The summed E-state index contributed by atoms with van der Waals surface area (Å²) < 4.78 is 47.6. The SMILES string of the molecule is CCn1c(-c2cnccc2COC)c2c3cc(ccc31)-c1cc(O)cc(c1)C[C@H](NC(=O)[C@H](C(C)C)N(C)C(=O)CN(C)S(=O)(=O)[C@H]1N[C@H]1c1ccc(OC)cc1)C(=O)N1CCC[C@H](N1)C(=O)OCC(C)(C)C2. The summed E-state index contributed by atoms with van der Waals surface area (Å²) in [5.41, 5.74) is 10.2. The van der Waals surface area contributed by atoms with Crippen LogP contribution in [-0.2, 0) is 64.7 Å². The van der Waals surface area contributed by atoms with E-state index in [4.69, 9.17) is 14.2 Å². The first kappa shape index (κ1) is 52.9. The summed E-state index contributed by atoms with van der Waals surface area (Å²) in [6, 6.07) is 16.6. The molecule has 6 bridgehead atoms. The summed E-state index contributed by atoms with van der Waals surface area (Å²) in [5, 5.41) is 18.7. The number of rotatable bonds is 14. The molecular weight excluding hydrogens is 953 g/mol. The van der Waals surface area contributed by atoms with Gasteiger partial charge in [-0.2, -0.15) is 4.31 Å². The largest absolute Gasteiger partial charge is 0.508 e. The third kappa shape index (κ3) is 11.3. The Labute approximate surface area is 427 Å². The highest BCUT2D eigenvalue weighted by Gasteiger charge is 2.50. The number of carbonyl (C=O) groups is 4. The summed E-state index contributed by atoms with van der Waals surface area (Å²) >= 11 is 0. The molecule has 18 nitrogen and oxygen atoms in total. The van der Waals surface area contributed by atoms with Crippen LogP contribution in [0.15, 0.2) is 79.1 Å². The van der Waals surface area contributed by atoms with E-state index in [2.05, 4.69) is 58.5 Å². The van der Waals surface area contributed by atoms with Gasteiger partial charge in [-0.3, -0.25) is 34.5 Å². The first-order valence-corrected chi connectivity index (χ1v) is 26.3. The summed E-state index contributed by atoms with van der Waals surface area (Å²) in [6.45, 7) is 10.5. The molecule has 0 radical (unpaired) electrons. The second-order valence-electron chi connectivity index (χ2n) is 20.5. The molecule has 5 aromatic rings. The molecule has 3 aromatic carbocycles. The number of cyclic esters (lactones) is 1. The fraction of sp³-hybridized carbons (Fsp3) is 0.463. The van der Waals surface area contributed by atoms with Crippen molar-refractivity contribution < 1.29 is 46.9 Å². The van der Waals surface area contributed by atoms with Crippen LogP contribution in [0.5, 0.6) is 11.5 Å². The number of phenols is 1. The minimum Gasteiger partial charge on any atom is -0.508 e. The van der Waals surface area contributed by atoms with Crippen LogP contribution in [0.2, 0.25) is 0 Å². The molecule has 2 fully saturated rings. The number of amides is 3. The number of carbonyl (C=O) groups excluding carboxylic acids is 4. The molecule has 3 aliphatic heterocycles. The second kappa shape index (κ2) is 21.6. The minimum absolute atomic E-state index is 0.0487. The number of hydrazine groups is 1. The van der Waals surface area contributed by atoms with Crippen molar-refractivity contribution in [2.24, 2.45) is 11.3 Å². The summed E-state index contributed by atoms with van der Waals surface area (Å²) in [5.74, 6) is -2.22. The number of phenolic OH excluding ortho intramolecular Hbond substituents is 1. The summed E-state index contributed by atoms with van der Waals surface area (Å²) in [4.78, 5) is 63.1. The Balaban J connectivity index is 1.12. The van der Waals surface area contributed by atoms with E-state index in [0.717, 1.165) is 48.7 Å². The number of aryl methyl sites for hydroxylation is 1. The lowest BCUT2D eigenvalue weighted by Gasteiger charge is -2.37. The normalized spacial score (nSPS) is 20.6. The number of hydrogen-bond donors (Lipinski definition) is 4. The van der Waals surface area contributed by atoms with Gasteiger partial charge in [0.2, 0.25) is 21.8 Å². The van der Waals surface area contributed by atoms with Gasteiger partial charge in [0.05, 0.1) is 38.6 Å². The fourth-order valence-electron chi connectivity index (χ4n) is 10.3. The van der Waals surface area contributed by atoms with Gasteiger partial charge in [0.15, 0.2) is 0 Å². The molecule has 2 aromatic heterocycles. The molecule has 5 heterocycles. The molecule has 0 aliphatic carbocycles. The molecule has 3 amide bonds. The first-order chi connectivity index (χ1) is 34.7. The van der Waals surface area contributed by atoms with Crippen molar-refractivity contribution >= 4 is 44.6 Å². The Morgan fingerprint density at radius 3 is 2.48 bits per heavy atom. The molecule has 390 valence electrons. The van der Waals surface area contributed by atoms with Crippen molar-refractivity contribution in [2.75, 3.05) is 48.0 Å². The van der Waals surface area contributed by atoms with Crippen LogP contribution in [0.1, 0.15) is 75.8 Å². The molecule has 4 N–H and O–H groups in total. The van der Waals surface area contributed by atoms with Crippen molar-refractivity contribution in [3.63, 3.8) is 0 Å². The molecule has 0 saturated carbocycles. The molecule has 8 rings (SSSR count). The molecule has 73 heavy (non-hydrogen) atoms. The molecule has 5 atom stereocenters. The number of nitrogens with zero attached hydrogens (tertiary/aromatic N) is 5. The maximum atomic E-state index is 14.8. The number of likely N-dealkylation sites (N-methyl/N-ethyl adjacent to an activating group) is 2. The predicted octanol–water partition coefficient (Wildman–Crippen LogP) is 5.31. The Kier molecular flexibility index (Phi) is 15.7. The van der Waals surface area contributed by atoms with Crippen molar-refractivity contribution in [3.8, 4) is 33.9 Å². The molecule has 2 saturated heterocycles. The molecular formula is C54H68N8O10S. The highest BCUT2D eigenvalue weighted by molar-refractivity contribution is 7.90. The van der Waals surface area contributed by atoms with Gasteiger partial charge < -0.3 is 34.1 Å². The zero-order valence-electron chi connectivity index (χ0n) is 43.1. The van der Waals surface area contributed by atoms with Gasteiger partial charge in [0.1, 0.15) is 35.0 Å². The van der Waals surface area contributed by atoms with E-state index < -0.39 is 81.1 Å². The zero-order chi connectivity index (χ0) is 52.5. The van der Waals surface area contributed by atoms with E-state index in [0.29, 0.717) is 49.3 Å². The quantitative estimate of drug-likeness (QED) is 0.0819. The number of pyridine rings is 1. The smallest absolute Gasteiger partial charge is 0.324 e. The number of nitrogens with one attached hydrogen (secondary N) is 3. The lowest BCUT2D eigenvalue weighted by atomic mass is 9.84. The van der Waals surface area contributed by atoms with Crippen molar-refractivity contribution in [2.45, 2.75) is 103 Å². The summed E-state index contributed by atoms with van der Waals surface area (Å²) in [6.07, 6.45) is 4.93. The minimum atomic E-state index is -4.00. The van der Waals surface area contributed by atoms with Gasteiger partial charge in [0, 0.05) is 75.0 Å². The van der Waals surface area contributed by atoms with Crippen LogP contribution >= 0.6 is 0 Å². The highest BCUT2D eigenvalue weighted by Crippen LogP contribution is 2.42. The van der Waals surface area contributed by atoms with Crippen LogP contribution < -0.4 is 20.8 Å². The average Bonchev–Trinajstić information content (AvgIpc) is 4.13. The second-order valence-corrected chi connectivity index (χ2v) is 22.7. The van der Waals surface area contributed by atoms with Gasteiger partial charge in [-0.05, 0) is 108 Å². The summed E-state index contributed by atoms with van der Waals surface area (Å²) in [7, 11) is 1.97. The van der Waals surface area contributed by atoms with E-state index >= 15 is 0 Å². The van der Waals surface area contributed by atoms with Crippen molar-refractivity contribution in [3.05, 3.63) is 101 Å². The number of hydrogen-bond acceptors (Lipinski definition) is 13. The molecule has 3 aliphatic rings. The van der Waals surface area contributed by atoms with Crippen LogP contribution in [0.3, 0.4) is 0 Å². The number of esters is 1. The Hall–Kier alpha value is -6.38. The van der Waals surface area contributed by atoms with Gasteiger partial charge in [-0.15, -0.1) is 0 Å². The van der Waals surface area contributed by atoms with E-state index in [1.54, 1.807) is 70.7 Å². The Morgan fingerprint density at radius 2 is 1.78 bits per heavy atom. The van der Waals surface area contributed by atoms with Crippen LogP contribution in [0, 0.1) is 11.3 Å². The first-order valence-electron chi connectivity index (χ1n) is 24.8. The van der Waals surface area contributed by atoms with Gasteiger partial charge in [-0.25, -0.2) is 13.8 Å². The van der Waals surface area contributed by atoms with E-state index in [1.807, 2.05) is 24.4 Å². The Bertz CT molecular complexity index is 2990. The maximum Gasteiger partial charge on any atom is 0.324 e. The van der Waals surface area contributed by atoms with Crippen molar-refractivity contribution in [1.29, 1.82) is 0 Å². The van der Waals surface area contributed by atoms with Crippen molar-refractivity contribution in [1.82, 2.24) is 39.8 Å². The number of methoxy groups -OCH3 is 2. The van der Waals surface area contributed by atoms with Gasteiger partial charge >= 0.3 is 5.97 Å². The standard InChI is InChI=1S/C54H68N8O10S/c1-10-61-45-18-15-35-26-40(45)41(49(61)42-28-55-20-19-36(42)30-70-8)27-54(4,5)31-72-53(67)43-12-11-21-62(58-43)52(66)44(24-33-22-37(35)25-38(63)23-33)56-50(65)48(32(2)3)60(7)46(64)29-59(6)73(68,69)51-47(57-51)34-13-16-39(71-9)17-14-34/h13-20,22-23,25-26,28,32,43-44,47-48,51,57-58,63H,10-12,21,24,27,29-31H2,1-9H3,(H,56,65)/t43-,44-,47-,48-,51+/m0/s1. The van der Waals surface area contributed by atoms with E-state index in [-0.39, 0.29) is 25.3 Å². The highest BCUT2D eigenvalue weighted by atomic mass is 32.2. The van der Waals surface area contributed by atoms with Crippen LogP contribution in [0.25, 0.3) is 33.3 Å². The molecule has 19 heteroatoms. The number of aromatic hydroxyl groups is 1. The topological polar surface area (TPSA) is 224 Å². The fourth-order valence-corrected chi connectivity index (χ4v) is 11.8. The van der Waals surface area contributed by atoms with Crippen LogP contribution in [0.4, 0.5) is 0 Å². The third-order valence-corrected chi connectivity index (χ3v) is 16.2. The lowest BCUT2D eigenvalue weighted by Crippen LogP contribution is -2.62. The monoisotopic (exact) mass is 1020 g/mol. The Morgan fingerprint density at radius 1 is 1.03 bits per heavy atom. The maximum absolute atomic E-state index is 14.8. The number of benzene rings is 3. The molecule has 0 spiro atoms. The average molecular weight is 1020 g/mol. The van der Waals surface area contributed by atoms with E-state index in [1.165, 1.54) is 24.0 Å². The number of sulfonamides is 1. The molecule has 0 unspecified atom stereocenters. The number of aromatic nitrogens is 2. The van der Waals surface area contributed by atoms with Gasteiger partial charge in [0.25, 0.3) is 5.91 Å². The number of ether oxygens (including phenoxy) is 3. The predicted molar refractivity (Wildman–Crippen MR) is 276 cm³/mol. The third-order valence-electron chi connectivity index (χ3n) is 14.1. The zero-order valence-corrected chi connectivity index (χ0v) is 43.9. The van der Waals surface area contributed by atoms with E-state index in [9.17, 15) is 32.7 Å². The number of fused-ring (bicyclic) bond motifs is 6.